The van der Waals surface area contributed by atoms with Crippen LogP contribution in [0.3, 0.4) is 0 Å². The van der Waals surface area contributed by atoms with Crippen molar-refractivity contribution in [2.24, 2.45) is 0 Å². The summed E-state index contributed by atoms with van der Waals surface area (Å²) in [4.78, 5) is 9.41. The van der Waals surface area contributed by atoms with Crippen LogP contribution in [0.15, 0.2) is 23.2 Å². The highest BCUT2D eigenvalue weighted by Gasteiger charge is 2.16. The Bertz CT molecular complexity index is 694. The van der Waals surface area contributed by atoms with Gasteiger partial charge < -0.3 is 10.1 Å². The van der Waals surface area contributed by atoms with Gasteiger partial charge in [0, 0.05) is 18.2 Å². The van der Waals surface area contributed by atoms with Crippen LogP contribution in [0.2, 0.25) is 0 Å². The van der Waals surface area contributed by atoms with Crippen LogP contribution in [0.4, 0.5) is 10.2 Å². The third-order valence-electron chi connectivity index (χ3n) is 3.72. The molecule has 2 aromatic rings. The summed E-state index contributed by atoms with van der Waals surface area (Å²) in [5, 5.41) is 4.20. The smallest absolute Gasteiger partial charge is 0.158 e. The molecule has 130 valence electrons. The van der Waals surface area contributed by atoms with Crippen LogP contribution in [-0.2, 0) is 0 Å². The Hall–Kier alpha value is -1.82. The quantitative estimate of drug-likeness (QED) is 0.541. The van der Waals surface area contributed by atoms with E-state index in [1.54, 1.807) is 17.8 Å². The summed E-state index contributed by atoms with van der Waals surface area (Å²) in [5.74, 6) is 0.935. The molecule has 0 fully saturated rings. The molecule has 0 spiro atoms. The zero-order valence-corrected chi connectivity index (χ0v) is 15.5. The lowest BCUT2D eigenvalue weighted by atomic mass is 10.1. The normalized spacial score (nSPS) is 10.7. The molecule has 0 aliphatic carbocycles. The van der Waals surface area contributed by atoms with Crippen molar-refractivity contribution in [2.45, 2.75) is 38.1 Å². The van der Waals surface area contributed by atoms with Crippen LogP contribution < -0.4 is 10.1 Å². The summed E-state index contributed by atoms with van der Waals surface area (Å²) < 4.78 is 18.7. The minimum absolute atomic E-state index is 0.333. The maximum absolute atomic E-state index is 13.4. The minimum atomic E-state index is -0.333. The molecule has 0 radical (unpaired) electrons. The molecule has 0 aliphatic rings. The Morgan fingerprint density at radius 1 is 1.25 bits per heavy atom. The fourth-order valence-corrected chi connectivity index (χ4v) is 2.95. The predicted molar refractivity (Wildman–Crippen MR) is 98.5 cm³/mol. The van der Waals surface area contributed by atoms with Gasteiger partial charge in [-0.1, -0.05) is 19.8 Å². The minimum Gasteiger partial charge on any atom is -0.496 e. The first-order valence-electron chi connectivity index (χ1n) is 8.11. The van der Waals surface area contributed by atoms with Gasteiger partial charge in [0.2, 0.25) is 0 Å². The molecule has 0 atom stereocenters. The number of nitrogens with one attached hydrogen (secondary N) is 1. The molecule has 0 aliphatic heterocycles. The number of halogens is 1. The van der Waals surface area contributed by atoms with Crippen LogP contribution >= 0.6 is 11.8 Å². The van der Waals surface area contributed by atoms with E-state index in [9.17, 15) is 4.39 Å². The van der Waals surface area contributed by atoms with E-state index in [1.165, 1.54) is 32.1 Å². The van der Waals surface area contributed by atoms with Crippen LogP contribution in [0.5, 0.6) is 5.75 Å². The maximum Gasteiger partial charge on any atom is 0.158 e. The number of aryl methyl sites for hydroxylation is 1. The summed E-state index contributed by atoms with van der Waals surface area (Å²) in [5.41, 5.74) is 2.25. The van der Waals surface area contributed by atoms with Gasteiger partial charge >= 0.3 is 0 Å². The average molecular weight is 349 g/mol. The van der Waals surface area contributed by atoms with Crippen molar-refractivity contribution in [3.63, 3.8) is 0 Å². The number of ether oxygens (including phenoxy) is 1. The monoisotopic (exact) mass is 349 g/mol. The second-order valence-electron chi connectivity index (χ2n) is 5.49. The molecule has 1 heterocycles. The molecule has 6 heteroatoms. The topological polar surface area (TPSA) is 47.0 Å². The van der Waals surface area contributed by atoms with E-state index < -0.39 is 0 Å². The van der Waals surface area contributed by atoms with Crippen molar-refractivity contribution in [3.05, 3.63) is 29.7 Å². The largest absolute Gasteiger partial charge is 0.496 e. The molecule has 24 heavy (non-hydrogen) atoms. The molecule has 2 rings (SSSR count). The van der Waals surface area contributed by atoms with E-state index in [0.717, 1.165) is 40.8 Å². The fourth-order valence-electron chi connectivity index (χ4n) is 2.46. The van der Waals surface area contributed by atoms with E-state index >= 15 is 0 Å². The Morgan fingerprint density at radius 2 is 2.04 bits per heavy atom. The molecule has 1 N–H and O–H groups in total. The van der Waals surface area contributed by atoms with Gasteiger partial charge in [-0.05, 0) is 31.7 Å². The summed E-state index contributed by atoms with van der Waals surface area (Å²) >= 11 is 1.54. The van der Waals surface area contributed by atoms with Crippen molar-refractivity contribution in [1.82, 2.24) is 9.97 Å². The number of nitrogens with zero attached hydrogens (tertiary/aromatic N) is 2. The number of benzene rings is 1. The van der Waals surface area contributed by atoms with Gasteiger partial charge in [-0.15, -0.1) is 11.8 Å². The second kappa shape index (κ2) is 8.87. The molecule has 0 bridgehead atoms. The highest BCUT2D eigenvalue weighted by Crippen LogP contribution is 2.34. The lowest BCUT2D eigenvalue weighted by Crippen LogP contribution is -2.08. The maximum atomic E-state index is 13.4. The van der Waals surface area contributed by atoms with Gasteiger partial charge in [0.1, 0.15) is 16.6 Å². The molecule has 0 amide bonds. The first kappa shape index (κ1) is 18.5. The van der Waals surface area contributed by atoms with Crippen molar-refractivity contribution >= 4 is 17.6 Å². The van der Waals surface area contributed by atoms with Gasteiger partial charge in [-0.3, -0.25) is 0 Å². The number of anilines is 1. The van der Waals surface area contributed by atoms with E-state index in [2.05, 4.69) is 17.2 Å². The molecule has 0 saturated heterocycles. The zero-order valence-electron chi connectivity index (χ0n) is 14.6. The molecule has 4 nitrogen and oxygen atoms in total. The number of hydrogen-bond acceptors (Lipinski definition) is 5. The number of thioether (sulfide) groups is 1. The summed E-state index contributed by atoms with van der Waals surface area (Å²) in [6.07, 6.45) is 5.46. The van der Waals surface area contributed by atoms with Crippen molar-refractivity contribution in [2.75, 3.05) is 25.2 Å². The molecule has 1 aromatic heterocycles. The van der Waals surface area contributed by atoms with Crippen LogP contribution in [0.1, 0.15) is 31.9 Å². The lowest BCUT2D eigenvalue weighted by Gasteiger charge is -2.14. The van der Waals surface area contributed by atoms with Crippen molar-refractivity contribution in [1.29, 1.82) is 0 Å². The summed E-state index contributed by atoms with van der Waals surface area (Å²) in [6.45, 7) is 4.98. The third-order valence-corrected chi connectivity index (χ3v) is 4.39. The van der Waals surface area contributed by atoms with Crippen molar-refractivity contribution < 1.29 is 9.13 Å². The van der Waals surface area contributed by atoms with Gasteiger partial charge in [0.15, 0.2) is 5.82 Å². The highest BCUT2D eigenvalue weighted by atomic mass is 32.2. The Kier molecular flexibility index (Phi) is 6.85. The molecule has 0 saturated carbocycles. The molecular formula is C18H24FN3OS. The van der Waals surface area contributed by atoms with Gasteiger partial charge in [0.05, 0.1) is 18.5 Å². The van der Waals surface area contributed by atoms with E-state index in [0.29, 0.717) is 5.75 Å². The van der Waals surface area contributed by atoms with Gasteiger partial charge in [-0.2, -0.15) is 0 Å². The van der Waals surface area contributed by atoms with E-state index in [4.69, 9.17) is 9.72 Å². The second-order valence-corrected chi connectivity index (χ2v) is 6.29. The molecular weight excluding hydrogens is 325 g/mol. The Morgan fingerprint density at radius 3 is 2.71 bits per heavy atom. The third kappa shape index (κ3) is 4.38. The number of unbranched alkanes of at least 4 members (excludes halogenated alkanes) is 2. The Balaban J connectivity index is 2.35. The van der Waals surface area contributed by atoms with Crippen LogP contribution in [0, 0.1) is 12.7 Å². The van der Waals surface area contributed by atoms with E-state index in [1.807, 2.05) is 13.2 Å². The fraction of sp³-hybridized carbons (Fsp3) is 0.444. The number of aromatic nitrogens is 2. The molecule has 1 aromatic carbocycles. The SMILES string of the molecule is CCCCCNc1nc(C)c(-c2ccc(F)cc2OC)nc1SC. The predicted octanol–water partition coefficient (Wildman–Crippen LogP) is 4.92. The average Bonchev–Trinajstić information content (AvgIpc) is 2.59. The number of hydrogen-bond donors (Lipinski definition) is 1. The highest BCUT2D eigenvalue weighted by molar-refractivity contribution is 7.98. The summed E-state index contributed by atoms with van der Waals surface area (Å²) in [6, 6.07) is 4.46. The van der Waals surface area contributed by atoms with Crippen molar-refractivity contribution in [3.8, 4) is 17.0 Å². The zero-order chi connectivity index (χ0) is 17.5. The molecule has 0 unspecified atom stereocenters. The Labute approximate surface area is 147 Å². The van der Waals surface area contributed by atoms with Gasteiger partial charge in [0.25, 0.3) is 0 Å². The number of methoxy groups -OCH3 is 1. The number of rotatable bonds is 8. The van der Waals surface area contributed by atoms with Crippen LogP contribution in [-0.4, -0.2) is 29.9 Å². The first-order valence-corrected chi connectivity index (χ1v) is 9.33. The lowest BCUT2D eigenvalue weighted by molar-refractivity contribution is 0.412. The standard InChI is InChI=1S/C18H24FN3OS/c1-5-6-7-10-20-17-18(24-4)22-16(12(2)21-17)14-9-8-13(19)11-15(14)23-3/h8-9,11H,5-7,10H2,1-4H3,(H,20,21). The first-order chi connectivity index (χ1) is 11.6. The van der Waals surface area contributed by atoms with Crippen LogP contribution in [0.25, 0.3) is 11.3 Å². The van der Waals surface area contributed by atoms with Gasteiger partial charge in [-0.25, -0.2) is 14.4 Å². The summed E-state index contributed by atoms with van der Waals surface area (Å²) in [7, 11) is 1.53. The van der Waals surface area contributed by atoms with E-state index in [-0.39, 0.29) is 5.82 Å².